The lowest BCUT2D eigenvalue weighted by atomic mass is 10.2. The summed E-state index contributed by atoms with van der Waals surface area (Å²) in [6, 6.07) is 10.5. The number of rotatable bonds is 8. The first-order chi connectivity index (χ1) is 13.7. The molecule has 1 amide bonds. The summed E-state index contributed by atoms with van der Waals surface area (Å²) >= 11 is 1.41. The van der Waals surface area contributed by atoms with Crippen molar-refractivity contribution in [3.8, 4) is 0 Å². The Morgan fingerprint density at radius 2 is 1.76 bits per heavy atom. The Morgan fingerprint density at radius 3 is 2.31 bits per heavy atom. The molecule has 0 unspecified atom stereocenters. The average Bonchev–Trinajstić information content (AvgIpc) is 2.68. The van der Waals surface area contributed by atoms with Crippen molar-refractivity contribution in [2.24, 2.45) is 5.92 Å². The highest BCUT2D eigenvalue weighted by Gasteiger charge is 2.18. The van der Waals surface area contributed by atoms with Gasteiger partial charge in [0.15, 0.2) is 0 Å². The molecule has 2 aromatic carbocycles. The van der Waals surface area contributed by atoms with Crippen LogP contribution < -0.4 is 10.0 Å². The highest BCUT2D eigenvalue weighted by atomic mass is 32.2. The van der Waals surface area contributed by atoms with Gasteiger partial charge in [-0.25, -0.2) is 13.2 Å². The minimum atomic E-state index is -3.89. The van der Waals surface area contributed by atoms with Crippen molar-refractivity contribution in [2.45, 2.75) is 30.6 Å². The van der Waals surface area contributed by atoms with Crippen molar-refractivity contribution >= 4 is 45.0 Å². The first-order valence-electron chi connectivity index (χ1n) is 8.96. The minimum absolute atomic E-state index is 0.0174. The standard InChI is InChI=1S/C20H24N2O5S2/c1-5-27-20(24)14-6-8-15(9-7-14)22-29(25,26)16-10-11-18(28-4)17(12-16)21-19(23)13(2)3/h6-13,22H,5H2,1-4H3,(H,21,23). The Labute approximate surface area is 175 Å². The van der Waals surface area contributed by atoms with E-state index in [0.717, 1.165) is 4.90 Å². The Balaban J connectivity index is 2.26. The smallest absolute Gasteiger partial charge is 0.338 e. The molecule has 0 aliphatic carbocycles. The molecular weight excluding hydrogens is 412 g/mol. The van der Waals surface area contributed by atoms with Crippen LogP contribution in [-0.4, -0.2) is 33.2 Å². The van der Waals surface area contributed by atoms with E-state index in [4.69, 9.17) is 4.74 Å². The molecule has 0 atom stereocenters. The monoisotopic (exact) mass is 436 g/mol. The van der Waals surface area contributed by atoms with Crippen LogP contribution in [0.3, 0.4) is 0 Å². The lowest BCUT2D eigenvalue weighted by Crippen LogP contribution is -2.19. The van der Waals surface area contributed by atoms with Crippen LogP contribution in [-0.2, 0) is 19.6 Å². The summed E-state index contributed by atoms with van der Waals surface area (Å²) < 4.78 is 32.9. The third kappa shape index (κ3) is 5.98. The topological polar surface area (TPSA) is 102 Å². The quantitative estimate of drug-likeness (QED) is 0.479. The maximum Gasteiger partial charge on any atom is 0.338 e. The molecule has 0 spiro atoms. The van der Waals surface area contributed by atoms with Crippen LogP contribution in [0.25, 0.3) is 0 Å². The van der Waals surface area contributed by atoms with Crippen LogP contribution in [0, 0.1) is 5.92 Å². The lowest BCUT2D eigenvalue weighted by molar-refractivity contribution is -0.118. The Kier molecular flexibility index (Phi) is 7.69. The number of esters is 1. The molecule has 0 aromatic heterocycles. The summed E-state index contributed by atoms with van der Waals surface area (Å²) in [4.78, 5) is 24.5. The normalized spacial score (nSPS) is 11.2. The van der Waals surface area contributed by atoms with Crippen LogP contribution in [0.15, 0.2) is 52.3 Å². The second-order valence-electron chi connectivity index (χ2n) is 6.41. The van der Waals surface area contributed by atoms with Crippen molar-refractivity contribution in [1.29, 1.82) is 0 Å². The predicted molar refractivity (Wildman–Crippen MR) is 115 cm³/mol. The first-order valence-corrected chi connectivity index (χ1v) is 11.7. The molecule has 0 fully saturated rings. The third-order valence-corrected chi connectivity index (χ3v) is 6.09. The number of anilines is 2. The molecule has 0 bridgehead atoms. The number of hydrogen-bond acceptors (Lipinski definition) is 6. The number of nitrogens with one attached hydrogen (secondary N) is 2. The summed E-state index contributed by atoms with van der Waals surface area (Å²) in [5, 5.41) is 2.77. The Morgan fingerprint density at radius 1 is 1.10 bits per heavy atom. The molecule has 2 aromatic rings. The number of carbonyl (C=O) groups excluding carboxylic acids is 2. The zero-order chi connectivity index (χ0) is 21.6. The summed E-state index contributed by atoms with van der Waals surface area (Å²) in [7, 11) is -3.89. The fraction of sp³-hybridized carbons (Fsp3) is 0.300. The zero-order valence-electron chi connectivity index (χ0n) is 16.7. The lowest BCUT2D eigenvalue weighted by Gasteiger charge is -2.14. The maximum atomic E-state index is 12.8. The molecule has 9 heteroatoms. The second kappa shape index (κ2) is 9.80. The van der Waals surface area contributed by atoms with Gasteiger partial charge >= 0.3 is 5.97 Å². The Hall–Kier alpha value is -2.52. The molecule has 0 heterocycles. The molecule has 0 aliphatic heterocycles. The molecule has 0 aliphatic rings. The highest BCUT2D eigenvalue weighted by molar-refractivity contribution is 7.98. The number of hydrogen-bond donors (Lipinski definition) is 2. The number of ether oxygens (including phenoxy) is 1. The number of benzene rings is 2. The first kappa shape index (κ1) is 22.8. The molecule has 0 saturated heterocycles. The molecular formula is C20H24N2O5S2. The molecule has 156 valence electrons. The highest BCUT2D eigenvalue weighted by Crippen LogP contribution is 2.29. The summed E-state index contributed by atoms with van der Waals surface area (Å²) in [5.74, 6) is -0.904. The maximum absolute atomic E-state index is 12.8. The number of sulfonamides is 1. The number of thioether (sulfide) groups is 1. The summed E-state index contributed by atoms with van der Waals surface area (Å²) in [5.41, 5.74) is 1.08. The van der Waals surface area contributed by atoms with Gasteiger partial charge in [0.2, 0.25) is 5.91 Å². The van der Waals surface area contributed by atoms with E-state index in [1.807, 2.05) is 6.26 Å². The van der Waals surface area contributed by atoms with Gasteiger partial charge in [0.1, 0.15) is 0 Å². The van der Waals surface area contributed by atoms with Crippen LogP contribution in [0.2, 0.25) is 0 Å². The number of amides is 1. The molecule has 0 saturated carbocycles. The van der Waals surface area contributed by atoms with Crippen molar-refractivity contribution in [3.05, 3.63) is 48.0 Å². The van der Waals surface area contributed by atoms with Crippen molar-refractivity contribution in [2.75, 3.05) is 22.9 Å². The van der Waals surface area contributed by atoms with Crippen molar-refractivity contribution in [1.82, 2.24) is 0 Å². The van der Waals surface area contributed by atoms with E-state index in [0.29, 0.717) is 16.9 Å². The van der Waals surface area contributed by atoms with Crippen molar-refractivity contribution in [3.63, 3.8) is 0 Å². The van der Waals surface area contributed by atoms with E-state index in [1.54, 1.807) is 26.8 Å². The van der Waals surface area contributed by atoms with Crippen LogP contribution in [0.1, 0.15) is 31.1 Å². The van der Waals surface area contributed by atoms with Gasteiger partial charge in [0.25, 0.3) is 10.0 Å². The van der Waals surface area contributed by atoms with Crippen LogP contribution in [0.5, 0.6) is 0 Å². The largest absolute Gasteiger partial charge is 0.462 e. The molecule has 0 radical (unpaired) electrons. The van der Waals surface area contributed by atoms with Gasteiger partial charge in [0.05, 0.1) is 22.8 Å². The fourth-order valence-electron chi connectivity index (χ4n) is 2.33. The van der Waals surface area contributed by atoms with E-state index in [-0.39, 0.29) is 23.3 Å². The average molecular weight is 437 g/mol. The van der Waals surface area contributed by atoms with Crippen molar-refractivity contribution < 1.29 is 22.7 Å². The SMILES string of the molecule is CCOC(=O)c1ccc(NS(=O)(=O)c2ccc(SC)c(NC(=O)C(C)C)c2)cc1. The van der Waals surface area contributed by atoms with Gasteiger partial charge in [-0.2, -0.15) is 0 Å². The van der Waals surface area contributed by atoms with Gasteiger partial charge in [-0.15, -0.1) is 11.8 Å². The van der Waals surface area contributed by atoms with E-state index in [2.05, 4.69) is 10.0 Å². The molecule has 2 N–H and O–H groups in total. The summed E-state index contributed by atoms with van der Waals surface area (Å²) in [6.45, 7) is 5.49. The van der Waals surface area contributed by atoms with E-state index >= 15 is 0 Å². The summed E-state index contributed by atoms with van der Waals surface area (Å²) in [6.07, 6.45) is 1.85. The fourth-order valence-corrected chi connectivity index (χ4v) is 3.95. The van der Waals surface area contributed by atoms with Gasteiger partial charge < -0.3 is 10.1 Å². The van der Waals surface area contributed by atoms with Gasteiger partial charge in [-0.05, 0) is 55.6 Å². The van der Waals surface area contributed by atoms with E-state index in [9.17, 15) is 18.0 Å². The third-order valence-electron chi connectivity index (χ3n) is 3.91. The van der Waals surface area contributed by atoms with Crippen LogP contribution in [0.4, 0.5) is 11.4 Å². The van der Waals surface area contributed by atoms with E-state index < -0.39 is 16.0 Å². The van der Waals surface area contributed by atoms with E-state index in [1.165, 1.54) is 48.2 Å². The Bertz CT molecular complexity index is 986. The van der Waals surface area contributed by atoms with Gasteiger partial charge in [-0.3, -0.25) is 9.52 Å². The van der Waals surface area contributed by atoms with Crippen LogP contribution >= 0.6 is 11.8 Å². The number of carbonyl (C=O) groups is 2. The predicted octanol–water partition coefficient (Wildman–Crippen LogP) is 3.98. The zero-order valence-corrected chi connectivity index (χ0v) is 18.3. The molecule has 7 nitrogen and oxygen atoms in total. The van der Waals surface area contributed by atoms with Gasteiger partial charge in [0, 0.05) is 16.5 Å². The molecule has 29 heavy (non-hydrogen) atoms. The minimum Gasteiger partial charge on any atom is -0.462 e. The van der Waals surface area contributed by atoms with Gasteiger partial charge in [-0.1, -0.05) is 13.8 Å². The second-order valence-corrected chi connectivity index (χ2v) is 8.94. The molecule has 2 rings (SSSR count).